The molecule has 0 aromatic carbocycles. The summed E-state index contributed by atoms with van der Waals surface area (Å²) in [6, 6.07) is 0.293. The Morgan fingerprint density at radius 1 is 1.16 bits per heavy atom. The molecule has 0 saturated carbocycles. The first kappa shape index (κ1) is 19.3. The van der Waals surface area contributed by atoms with Gasteiger partial charge in [-0.2, -0.15) is 8.75 Å². The largest absolute Gasteiger partial charge is 0.294 e. The van der Waals surface area contributed by atoms with Crippen molar-refractivity contribution < 1.29 is 0 Å². The highest BCUT2D eigenvalue weighted by Crippen LogP contribution is 2.32. The van der Waals surface area contributed by atoms with Gasteiger partial charge in [-0.15, -0.1) is 22.0 Å². The third-order valence-corrected chi connectivity index (χ3v) is 7.75. The molecule has 2 aromatic rings. The van der Waals surface area contributed by atoms with Gasteiger partial charge in [0.25, 0.3) is 0 Å². The summed E-state index contributed by atoms with van der Waals surface area (Å²) < 4.78 is 10.2. The lowest BCUT2D eigenvalue weighted by Crippen LogP contribution is -2.27. The molecular formula is C16H23N5S4. The summed E-state index contributed by atoms with van der Waals surface area (Å²) in [5, 5.41) is 10.4. The zero-order valence-corrected chi connectivity index (χ0v) is 17.8. The van der Waals surface area contributed by atoms with E-state index < -0.39 is 0 Å². The Balaban J connectivity index is 1.35. The van der Waals surface area contributed by atoms with Gasteiger partial charge in [0.05, 0.1) is 17.8 Å². The number of hydrogen-bond acceptors (Lipinski definition) is 9. The van der Waals surface area contributed by atoms with Gasteiger partial charge < -0.3 is 0 Å². The average molecular weight is 414 g/mol. The van der Waals surface area contributed by atoms with Gasteiger partial charge >= 0.3 is 0 Å². The number of aryl methyl sites for hydroxylation is 1. The van der Waals surface area contributed by atoms with Gasteiger partial charge in [0, 0.05) is 12.3 Å². The van der Waals surface area contributed by atoms with Gasteiger partial charge in [0.2, 0.25) is 0 Å². The highest BCUT2D eigenvalue weighted by Gasteiger charge is 2.23. The van der Waals surface area contributed by atoms with E-state index >= 15 is 0 Å². The highest BCUT2D eigenvalue weighted by atomic mass is 32.2. The standard InChI is InChI=1S/C16H23N5S4/c1-12-17-18-16(24-12)23-11-7-3-6-10-22-15-14(19-25-20-15)13-8-4-5-9-21(13)2/h4,8,13H,3,5-7,9-11H2,1-2H3. The molecule has 9 heteroatoms. The maximum Gasteiger partial charge on any atom is 0.174 e. The fraction of sp³-hybridized carbons (Fsp3) is 0.625. The monoisotopic (exact) mass is 413 g/mol. The maximum absolute atomic E-state index is 4.56. The summed E-state index contributed by atoms with van der Waals surface area (Å²) in [6.45, 7) is 3.09. The molecule has 0 aliphatic carbocycles. The number of nitrogens with zero attached hydrogens (tertiary/aromatic N) is 5. The van der Waals surface area contributed by atoms with Crippen LogP contribution in [-0.4, -0.2) is 48.9 Å². The fourth-order valence-corrected chi connectivity index (χ4v) is 6.20. The van der Waals surface area contributed by atoms with Crippen LogP contribution in [0.1, 0.15) is 42.4 Å². The summed E-state index contributed by atoms with van der Waals surface area (Å²) in [7, 11) is 2.17. The predicted molar refractivity (Wildman–Crippen MR) is 109 cm³/mol. The highest BCUT2D eigenvalue weighted by molar-refractivity contribution is 8.01. The van der Waals surface area contributed by atoms with E-state index in [0.29, 0.717) is 6.04 Å². The molecule has 0 radical (unpaired) electrons. The third kappa shape index (κ3) is 5.75. The molecular weight excluding hydrogens is 390 g/mol. The first-order valence-corrected chi connectivity index (χ1v) is 12.0. The van der Waals surface area contributed by atoms with E-state index in [2.05, 4.69) is 43.0 Å². The van der Waals surface area contributed by atoms with Crippen molar-refractivity contribution in [2.24, 2.45) is 0 Å². The summed E-state index contributed by atoms with van der Waals surface area (Å²) in [4.78, 5) is 2.35. The van der Waals surface area contributed by atoms with E-state index in [0.717, 1.165) is 44.5 Å². The van der Waals surface area contributed by atoms with E-state index in [1.165, 1.54) is 31.0 Å². The molecule has 0 amide bonds. The Morgan fingerprint density at radius 3 is 2.76 bits per heavy atom. The predicted octanol–water partition coefficient (Wildman–Crippen LogP) is 4.69. The molecule has 0 N–H and O–H groups in total. The third-order valence-electron chi connectivity index (χ3n) is 3.96. The molecule has 1 aliphatic heterocycles. The maximum atomic E-state index is 4.56. The summed E-state index contributed by atoms with van der Waals surface area (Å²) in [5.41, 5.74) is 1.13. The lowest BCUT2D eigenvalue weighted by atomic mass is 10.1. The van der Waals surface area contributed by atoms with E-state index in [1.807, 2.05) is 30.4 Å². The molecule has 0 fully saturated rings. The van der Waals surface area contributed by atoms with Gasteiger partial charge in [0.15, 0.2) is 4.34 Å². The van der Waals surface area contributed by atoms with Crippen LogP contribution >= 0.6 is 46.6 Å². The van der Waals surface area contributed by atoms with Crippen LogP contribution in [0, 0.1) is 6.92 Å². The topological polar surface area (TPSA) is 54.8 Å². The Morgan fingerprint density at radius 2 is 2.00 bits per heavy atom. The van der Waals surface area contributed by atoms with Gasteiger partial charge in [-0.3, -0.25) is 4.90 Å². The molecule has 25 heavy (non-hydrogen) atoms. The van der Waals surface area contributed by atoms with Crippen molar-refractivity contribution in [1.29, 1.82) is 0 Å². The number of rotatable bonds is 9. The number of aromatic nitrogens is 4. The van der Waals surface area contributed by atoms with E-state index in [9.17, 15) is 0 Å². The SMILES string of the molecule is Cc1nnc(SCCCCCSc2nsnc2C2C=CCCN2C)s1. The minimum atomic E-state index is 0.293. The fourth-order valence-electron chi connectivity index (χ4n) is 2.60. The Kier molecular flexibility index (Phi) is 7.72. The van der Waals surface area contributed by atoms with Crippen molar-refractivity contribution in [3.05, 3.63) is 22.9 Å². The van der Waals surface area contributed by atoms with Crippen molar-refractivity contribution in [3.8, 4) is 0 Å². The van der Waals surface area contributed by atoms with Crippen LogP contribution in [0.15, 0.2) is 21.5 Å². The minimum Gasteiger partial charge on any atom is -0.294 e. The second-order valence-corrected chi connectivity index (χ2v) is 10.1. The quantitative estimate of drug-likeness (QED) is 0.336. The molecule has 2 aromatic heterocycles. The van der Waals surface area contributed by atoms with Gasteiger partial charge in [-0.05, 0) is 39.0 Å². The van der Waals surface area contributed by atoms with Crippen molar-refractivity contribution in [2.45, 2.75) is 48.0 Å². The molecule has 3 heterocycles. The van der Waals surface area contributed by atoms with Crippen LogP contribution in [0.5, 0.6) is 0 Å². The molecule has 1 unspecified atom stereocenters. The summed E-state index contributed by atoms with van der Waals surface area (Å²) in [5.74, 6) is 2.24. The van der Waals surface area contributed by atoms with Crippen LogP contribution in [0.3, 0.4) is 0 Å². The zero-order valence-electron chi connectivity index (χ0n) is 14.6. The van der Waals surface area contributed by atoms with Crippen LogP contribution in [0.25, 0.3) is 0 Å². The normalized spacial score (nSPS) is 18.1. The Labute approximate surface area is 166 Å². The van der Waals surface area contributed by atoms with Gasteiger partial charge in [-0.1, -0.05) is 41.7 Å². The Bertz CT molecular complexity index is 684. The van der Waals surface area contributed by atoms with Crippen LogP contribution in [0.4, 0.5) is 0 Å². The Hall–Kier alpha value is -0.480. The smallest absolute Gasteiger partial charge is 0.174 e. The first-order chi connectivity index (χ1) is 12.2. The van der Waals surface area contributed by atoms with Crippen molar-refractivity contribution >= 4 is 46.6 Å². The number of unbranched alkanes of at least 4 members (excludes halogenated alkanes) is 2. The first-order valence-electron chi connectivity index (χ1n) is 8.49. The van der Waals surface area contributed by atoms with Crippen LogP contribution in [0.2, 0.25) is 0 Å². The minimum absolute atomic E-state index is 0.293. The molecule has 5 nitrogen and oxygen atoms in total. The molecule has 1 atom stereocenters. The summed E-state index contributed by atoms with van der Waals surface area (Å²) in [6.07, 6.45) is 9.33. The lowest BCUT2D eigenvalue weighted by Gasteiger charge is -2.27. The molecule has 0 spiro atoms. The second-order valence-electron chi connectivity index (χ2n) is 5.94. The molecule has 136 valence electrons. The number of likely N-dealkylation sites (N-methyl/N-ethyl adjacent to an activating group) is 1. The van der Waals surface area contributed by atoms with E-state index in [4.69, 9.17) is 0 Å². The van der Waals surface area contributed by atoms with Crippen molar-refractivity contribution in [1.82, 2.24) is 23.8 Å². The van der Waals surface area contributed by atoms with E-state index in [1.54, 1.807) is 11.3 Å². The molecule has 3 rings (SSSR count). The van der Waals surface area contributed by atoms with Crippen molar-refractivity contribution in [2.75, 3.05) is 25.1 Å². The molecule has 0 bridgehead atoms. The second kappa shape index (κ2) is 10.0. The summed E-state index contributed by atoms with van der Waals surface area (Å²) >= 11 is 6.70. The average Bonchev–Trinajstić information content (AvgIpc) is 3.23. The zero-order chi connectivity index (χ0) is 17.5. The molecule has 1 aliphatic rings. The number of hydrogen-bond donors (Lipinski definition) is 0. The van der Waals surface area contributed by atoms with Crippen molar-refractivity contribution in [3.63, 3.8) is 0 Å². The van der Waals surface area contributed by atoms with E-state index in [-0.39, 0.29) is 0 Å². The number of thioether (sulfide) groups is 2. The lowest BCUT2D eigenvalue weighted by molar-refractivity contribution is 0.273. The van der Waals surface area contributed by atoms with Crippen LogP contribution in [-0.2, 0) is 0 Å². The van der Waals surface area contributed by atoms with Gasteiger partial charge in [0.1, 0.15) is 15.7 Å². The molecule has 0 saturated heterocycles. The van der Waals surface area contributed by atoms with Crippen LogP contribution < -0.4 is 0 Å². The van der Waals surface area contributed by atoms with Gasteiger partial charge in [-0.25, -0.2) is 0 Å².